The number of nitro benzene ring substituents is 1. The Labute approximate surface area is 169 Å². The lowest BCUT2D eigenvalue weighted by Crippen LogP contribution is -2.44. The van der Waals surface area contributed by atoms with Gasteiger partial charge in [0, 0.05) is 6.07 Å². The van der Waals surface area contributed by atoms with Gasteiger partial charge in [0.05, 0.1) is 9.82 Å². The summed E-state index contributed by atoms with van der Waals surface area (Å²) >= 11 is 0. The van der Waals surface area contributed by atoms with Crippen molar-refractivity contribution in [3.8, 4) is 5.75 Å². The lowest BCUT2D eigenvalue weighted by molar-refractivity contribution is -0.385. The first-order valence-electron chi connectivity index (χ1n) is 8.71. The molecular formula is C19H23N3O6S. The Bertz CT molecular complexity index is 1050. The van der Waals surface area contributed by atoms with Crippen LogP contribution < -0.4 is 15.0 Å². The van der Waals surface area contributed by atoms with Crippen molar-refractivity contribution in [1.82, 2.24) is 10.3 Å². The van der Waals surface area contributed by atoms with Crippen LogP contribution in [0.4, 0.5) is 5.69 Å². The number of para-hydroxylation sites is 2. The second kappa shape index (κ2) is 8.58. The molecule has 0 heterocycles. The zero-order valence-electron chi connectivity index (χ0n) is 16.8. The zero-order chi connectivity index (χ0) is 21.9. The molecule has 9 nitrogen and oxygen atoms in total. The van der Waals surface area contributed by atoms with E-state index >= 15 is 0 Å². The lowest BCUT2D eigenvalue weighted by Gasteiger charge is -2.19. The molecule has 10 heteroatoms. The molecule has 0 spiro atoms. The van der Waals surface area contributed by atoms with Crippen LogP contribution in [0.2, 0.25) is 0 Å². The van der Waals surface area contributed by atoms with Crippen molar-refractivity contribution >= 4 is 21.6 Å². The molecule has 0 saturated heterocycles. The second-order valence-electron chi connectivity index (χ2n) is 6.62. The van der Waals surface area contributed by atoms with Crippen LogP contribution in [0.5, 0.6) is 5.75 Å². The molecule has 0 atom stereocenters. The van der Waals surface area contributed by atoms with Gasteiger partial charge < -0.3 is 4.74 Å². The van der Waals surface area contributed by atoms with Crippen molar-refractivity contribution in [3.05, 3.63) is 62.2 Å². The standard InChI is InChI=1S/C19H23N3O6S/c1-11-12(2)14(4)19(15(5)13(11)3)29(26,27)21-20-18(23)10-28-17-9-7-6-8-16(17)22(24)25/h6-9,21H,10H2,1-5H3,(H,20,23). The quantitative estimate of drug-likeness (QED) is 0.522. The molecule has 29 heavy (non-hydrogen) atoms. The van der Waals surface area contributed by atoms with Crippen molar-refractivity contribution in [2.75, 3.05) is 6.61 Å². The smallest absolute Gasteiger partial charge is 0.310 e. The van der Waals surface area contributed by atoms with Crippen LogP contribution in [0.1, 0.15) is 27.8 Å². The molecular weight excluding hydrogens is 398 g/mol. The van der Waals surface area contributed by atoms with Crippen LogP contribution in [0, 0.1) is 44.7 Å². The normalized spacial score (nSPS) is 11.2. The predicted molar refractivity (Wildman–Crippen MR) is 107 cm³/mol. The number of benzene rings is 2. The Kier molecular flexibility index (Phi) is 6.60. The summed E-state index contributed by atoms with van der Waals surface area (Å²) in [7, 11) is -4.03. The van der Waals surface area contributed by atoms with E-state index in [4.69, 9.17) is 4.74 Å². The maximum absolute atomic E-state index is 12.8. The van der Waals surface area contributed by atoms with Crippen LogP contribution in [0.25, 0.3) is 0 Å². The average Bonchev–Trinajstić information content (AvgIpc) is 2.67. The fourth-order valence-electron chi connectivity index (χ4n) is 2.95. The second-order valence-corrected chi connectivity index (χ2v) is 8.24. The molecule has 0 aliphatic rings. The van der Waals surface area contributed by atoms with Gasteiger partial charge in [-0.1, -0.05) is 12.1 Å². The van der Waals surface area contributed by atoms with Crippen LogP contribution in [0.3, 0.4) is 0 Å². The Morgan fingerprint density at radius 2 is 1.52 bits per heavy atom. The number of hydrogen-bond acceptors (Lipinski definition) is 6. The molecule has 0 aliphatic heterocycles. The molecule has 0 aliphatic carbocycles. The highest BCUT2D eigenvalue weighted by Gasteiger charge is 2.24. The van der Waals surface area contributed by atoms with Gasteiger partial charge in [0.1, 0.15) is 0 Å². The number of hydrogen-bond donors (Lipinski definition) is 2. The fraction of sp³-hybridized carbons (Fsp3) is 0.316. The number of nitrogens with one attached hydrogen (secondary N) is 2. The van der Waals surface area contributed by atoms with E-state index in [9.17, 15) is 23.3 Å². The van der Waals surface area contributed by atoms with Gasteiger partial charge in [-0.25, -0.2) is 8.42 Å². The molecule has 1 amide bonds. The first kappa shape index (κ1) is 22.3. The predicted octanol–water partition coefficient (Wildman–Crippen LogP) is 2.53. The van der Waals surface area contributed by atoms with Gasteiger partial charge >= 0.3 is 5.69 Å². The molecule has 2 N–H and O–H groups in total. The van der Waals surface area contributed by atoms with Crippen molar-refractivity contribution in [2.24, 2.45) is 0 Å². The third kappa shape index (κ3) is 4.72. The largest absolute Gasteiger partial charge is 0.477 e. The molecule has 0 aromatic heterocycles. The van der Waals surface area contributed by atoms with Crippen molar-refractivity contribution in [2.45, 2.75) is 39.5 Å². The van der Waals surface area contributed by atoms with Gasteiger partial charge in [0.15, 0.2) is 12.4 Å². The van der Waals surface area contributed by atoms with Gasteiger partial charge in [0.25, 0.3) is 15.9 Å². The van der Waals surface area contributed by atoms with E-state index in [1.54, 1.807) is 13.8 Å². The lowest BCUT2D eigenvalue weighted by atomic mass is 9.95. The number of ether oxygens (including phenoxy) is 1. The number of nitrogens with zero attached hydrogens (tertiary/aromatic N) is 1. The Morgan fingerprint density at radius 1 is 1.00 bits per heavy atom. The third-order valence-electron chi connectivity index (χ3n) is 4.95. The summed E-state index contributed by atoms with van der Waals surface area (Å²) in [6.07, 6.45) is 0. The van der Waals surface area contributed by atoms with Crippen LogP contribution >= 0.6 is 0 Å². The van der Waals surface area contributed by atoms with E-state index in [-0.39, 0.29) is 16.3 Å². The maximum atomic E-state index is 12.8. The number of amides is 1. The Hall–Kier alpha value is -2.98. The Morgan fingerprint density at radius 3 is 2.07 bits per heavy atom. The maximum Gasteiger partial charge on any atom is 0.310 e. The number of sulfonamides is 1. The first-order valence-corrected chi connectivity index (χ1v) is 10.2. The van der Waals surface area contributed by atoms with Gasteiger partial charge in [-0.3, -0.25) is 20.3 Å². The highest BCUT2D eigenvalue weighted by atomic mass is 32.2. The summed E-state index contributed by atoms with van der Waals surface area (Å²) in [5.74, 6) is -0.894. The number of rotatable bonds is 7. The van der Waals surface area contributed by atoms with Crippen molar-refractivity contribution in [1.29, 1.82) is 0 Å². The average molecular weight is 421 g/mol. The molecule has 156 valence electrons. The zero-order valence-corrected chi connectivity index (χ0v) is 17.6. The van der Waals surface area contributed by atoms with E-state index in [0.717, 1.165) is 16.7 Å². The molecule has 2 aromatic rings. The summed E-state index contributed by atoms with van der Waals surface area (Å²) in [6, 6.07) is 5.58. The number of carbonyl (C=O) groups is 1. The summed E-state index contributed by atoms with van der Waals surface area (Å²) in [5, 5.41) is 11.0. The Balaban J connectivity index is 2.12. The molecule has 0 saturated carbocycles. The number of carbonyl (C=O) groups excluding carboxylic acids is 1. The van der Waals surface area contributed by atoms with E-state index in [1.165, 1.54) is 24.3 Å². The molecule has 0 fully saturated rings. The molecule has 0 radical (unpaired) electrons. The van der Waals surface area contributed by atoms with Gasteiger partial charge in [0.2, 0.25) is 0 Å². The van der Waals surface area contributed by atoms with E-state index < -0.39 is 27.5 Å². The molecule has 2 aromatic carbocycles. The fourth-order valence-corrected chi connectivity index (χ4v) is 4.42. The monoisotopic (exact) mass is 421 g/mol. The van der Waals surface area contributed by atoms with E-state index in [0.29, 0.717) is 11.1 Å². The summed E-state index contributed by atoms with van der Waals surface area (Å²) in [6.45, 7) is 8.43. The van der Waals surface area contributed by atoms with Crippen molar-refractivity contribution < 1.29 is 22.9 Å². The van der Waals surface area contributed by atoms with Gasteiger partial charge in [-0.05, 0) is 68.5 Å². The molecule has 2 rings (SSSR count). The minimum absolute atomic E-state index is 0.0908. The van der Waals surface area contributed by atoms with Gasteiger partial charge in [-0.15, -0.1) is 4.83 Å². The van der Waals surface area contributed by atoms with E-state index in [1.807, 2.05) is 20.8 Å². The first-order chi connectivity index (χ1) is 13.5. The minimum atomic E-state index is -4.03. The number of hydrazine groups is 1. The summed E-state index contributed by atoms with van der Waals surface area (Å²) < 4.78 is 30.7. The third-order valence-corrected chi connectivity index (χ3v) is 6.47. The van der Waals surface area contributed by atoms with Crippen LogP contribution in [0.15, 0.2) is 29.2 Å². The van der Waals surface area contributed by atoms with Crippen molar-refractivity contribution in [3.63, 3.8) is 0 Å². The van der Waals surface area contributed by atoms with Crippen LogP contribution in [-0.4, -0.2) is 25.9 Å². The topological polar surface area (TPSA) is 128 Å². The highest BCUT2D eigenvalue weighted by molar-refractivity contribution is 7.89. The van der Waals surface area contributed by atoms with Crippen LogP contribution in [-0.2, 0) is 14.8 Å². The minimum Gasteiger partial charge on any atom is -0.477 e. The molecule has 0 bridgehead atoms. The number of nitro groups is 1. The molecule has 0 unspecified atom stereocenters. The summed E-state index contributed by atoms with van der Waals surface area (Å²) in [4.78, 5) is 24.5. The SMILES string of the molecule is Cc1c(C)c(C)c(S(=O)(=O)NNC(=O)COc2ccccc2[N+](=O)[O-])c(C)c1C. The van der Waals surface area contributed by atoms with Gasteiger partial charge in [-0.2, -0.15) is 0 Å². The summed E-state index contributed by atoms with van der Waals surface area (Å²) in [5.41, 5.74) is 5.72. The highest BCUT2D eigenvalue weighted by Crippen LogP contribution is 2.29. The van der Waals surface area contributed by atoms with E-state index in [2.05, 4.69) is 10.3 Å².